The Balaban J connectivity index is 1.05. The van der Waals surface area contributed by atoms with Crippen LogP contribution < -0.4 is 31.1 Å². The molecule has 0 radical (unpaired) electrons. The number of aromatic nitrogens is 2. The third kappa shape index (κ3) is 6.77. The fourth-order valence-electron chi connectivity index (χ4n) is 14.7. The van der Waals surface area contributed by atoms with Gasteiger partial charge in [-0.2, -0.15) is 0 Å². The zero-order valence-electron chi connectivity index (χ0n) is 46.3. The molecular weight excluding hydrogens is 922 g/mol. The van der Waals surface area contributed by atoms with Gasteiger partial charge in [-0.3, -0.25) is 5.10 Å². The van der Waals surface area contributed by atoms with Crippen LogP contribution in [0.4, 0.5) is 45.5 Å². The van der Waals surface area contributed by atoms with Crippen molar-refractivity contribution in [1.29, 1.82) is 0 Å². The van der Waals surface area contributed by atoms with E-state index in [0.29, 0.717) is 0 Å². The predicted molar refractivity (Wildman–Crippen MR) is 321 cm³/mol. The number of hydrogen-bond donors (Lipinski definition) is 2. The Morgan fingerprint density at radius 1 is 0.513 bits per heavy atom. The number of nitrogens with one attached hydrogen (secondary N) is 2. The molecule has 4 heterocycles. The number of aromatic amines is 2. The maximum Gasteiger partial charge on any atom is 0.252 e. The van der Waals surface area contributed by atoms with Crippen molar-refractivity contribution in [2.75, 3.05) is 14.7 Å². The molecule has 14 rings (SSSR count). The number of anilines is 8. The molecule has 378 valence electrons. The minimum absolute atomic E-state index is 0.00410. The topological polar surface area (TPSA) is 41.3 Å². The summed E-state index contributed by atoms with van der Waals surface area (Å²) in [5.74, 6) is 0. The number of nitrogens with zero attached hydrogens (tertiary/aromatic N) is 3. The lowest BCUT2D eigenvalue weighted by Gasteiger charge is -2.51. The summed E-state index contributed by atoms with van der Waals surface area (Å²) in [6.07, 6.45) is 6.33. The highest BCUT2D eigenvalue weighted by Gasteiger charge is 2.60. The van der Waals surface area contributed by atoms with Crippen molar-refractivity contribution >= 4 is 68.6 Å². The second kappa shape index (κ2) is 16.1. The van der Waals surface area contributed by atoms with E-state index >= 15 is 0 Å². The van der Waals surface area contributed by atoms with E-state index in [4.69, 9.17) is 0 Å². The van der Waals surface area contributed by atoms with Gasteiger partial charge >= 0.3 is 0 Å². The zero-order valence-corrected chi connectivity index (χ0v) is 46.3. The average molecular weight is 992 g/mol. The van der Waals surface area contributed by atoms with Crippen LogP contribution in [0.5, 0.6) is 0 Å². The monoisotopic (exact) mass is 992 g/mol. The zero-order chi connectivity index (χ0) is 52.4. The summed E-state index contributed by atoms with van der Waals surface area (Å²) in [5.41, 5.74) is 29.7. The third-order valence-electron chi connectivity index (χ3n) is 18.8. The maximum atomic E-state index is 3.35. The smallest absolute Gasteiger partial charge is 0.252 e. The summed E-state index contributed by atoms with van der Waals surface area (Å²) in [4.78, 5) is 8.04. The molecular formula is C70H70BN5. The van der Waals surface area contributed by atoms with Gasteiger partial charge in [0.05, 0.1) is 16.9 Å². The Kier molecular flexibility index (Phi) is 9.94. The molecule has 5 aliphatic rings. The molecule has 2 atom stereocenters. The first-order chi connectivity index (χ1) is 36.3. The molecule has 6 heteroatoms. The summed E-state index contributed by atoms with van der Waals surface area (Å²) >= 11 is 0. The first kappa shape index (κ1) is 47.0. The van der Waals surface area contributed by atoms with Crippen LogP contribution in [0.1, 0.15) is 120 Å². The van der Waals surface area contributed by atoms with Crippen LogP contribution in [0.2, 0.25) is 0 Å². The molecule has 1 aromatic heterocycles. The van der Waals surface area contributed by atoms with Gasteiger partial charge in [-0.1, -0.05) is 153 Å². The second-order valence-corrected chi connectivity index (χ2v) is 26.4. The van der Waals surface area contributed by atoms with Crippen molar-refractivity contribution in [3.8, 4) is 22.4 Å². The van der Waals surface area contributed by atoms with Crippen LogP contribution in [-0.2, 0) is 41.0 Å². The second-order valence-electron chi connectivity index (χ2n) is 26.4. The van der Waals surface area contributed by atoms with E-state index < -0.39 is 0 Å². The van der Waals surface area contributed by atoms with Crippen LogP contribution in [0.3, 0.4) is 0 Å². The normalized spacial score (nSPS) is 19.7. The molecule has 2 aliphatic carbocycles. The van der Waals surface area contributed by atoms with Crippen molar-refractivity contribution in [2.24, 2.45) is 5.41 Å². The molecule has 0 saturated heterocycles. The van der Waals surface area contributed by atoms with Crippen LogP contribution in [0.15, 0.2) is 164 Å². The summed E-state index contributed by atoms with van der Waals surface area (Å²) in [7, 11) is 0. The third-order valence-corrected chi connectivity index (χ3v) is 18.8. The van der Waals surface area contributed by atoms with Crippen LogP contribution in [-0.4, -0.2) is 16.9 Å². The van der Waals surface area contributed by atoms with E-state index in [1.807, 2.05) is 0 Å². The molecule has 8 aromatic carbocycles. The standard InChI is InChI=1S/C70H70BN5/c1-43-33-63-65-64(34-43)75(59-30-24-50(67(5,6)7)38-53(59)44-17-13-12-14-18-44)61-37-48-41-68(8,9)40-47(48)36-57(61)71(65)56-28-27-52(39-62(56)74(63)51-25-22-49(23-26-51)66(2,3)4)76-60-29-21-46(58-42-72-73-58)35-55(60)69(10)32-31-45-19-15-16-20-54(45)70(69,76)11/h12-30,33-39,42,72-73H,31-32,40-41H2,1-11H3. The van der Waals surface area contributed by atoms with Crippen molar-refractivity contribution in [3.63, 3.8) is 0 Å². The molecule has 0 spiro atoms. The van der Waals surface area contributed by atoms with Gasteiger partial charge in [0.25, 0.3) is 6.71 Å². The summed E-state index contributed by atoms with van der Waals surface area (Å²) in [6, 6.07) is 62.2. The van der Waals surface area contributed by atoms with Gasteiger partial charge in [0.1, 0.15) is 0 Å². The molecule has 2 unspecified atom stereocenters. The first-order valence-corrected chi connectivity index (χ1v) is 27.9. The Bertz CT molecular complexity index is 3830. The predicted octanol–water partition coefficient (Wildman–Crippen LogP) is 16.1. The van der Waals surface area contributed by atoms with E-state index in [0.717, 1.165) is 31.4 Å². The Morgan fingerprint density at radius 3 is 1.87 bits per heavy atom. The molecule has 76 heavy (non-hydrogen) atoms. The van der Waals surface area contributed by atoms with Gasteiger partial charge in [-0.05, 0) is 189 Å². The van der Waals surface area contributed by atoms with Gasteiger partial charge in [0.2, 0.25) is 0 Å². The number of benzene rings is 8. The molecule has 0 fully saturated rings. The van der Waals surface area contributed by atoms with Crippen LogP contribution >= 0.6 is 0 Å². The molecule has 0 amide bonds. The largest absolute Gasteiger partial charge is 0.330 e. The Hall–Kier alpha value is -7.44. The van der Waals surface area contributed by atoms with E-state index in [1.54, 1.807) is 0 Å². The first-order valence-electron chi connectivity index (χ1n) is 27.9. The van der Waals surface area contributed by atoms with E-state index in [2.05, 4.69) is 265 Å². The summed E-state index contributed by atoms with van der Waals surface area (Å²) in [5, 5.41) is 6.50. The fourth-order valence-corrected chi connectivity index (χ4v) is 14.7. The SMILES string of the molecule is Cc1cc2c3c(c1)N(c1ccc(C(C)(C)C)cc1-c1ccccc1)c1cc4c(cc1B3c1ccc(N3c5ccc(-c6c[nH][nH]6)cc5C5(C)CCc6ccccc6C35C)cc1N2c1ccc(C(C)(C)C)cc1)CC(C)(C)C4. The maximum absolute atomic E-state index is 3.35. The van der Waals surface area contributed by atoms with Gasteiger partial charge in [-0.15, -0.1) is 0 Å². The number of rotatable bonds is 5. The molecule has 0 saturated carbocycles. The minimum atomic E-state index is -0.365. The van der Waals surface area contributed by atoms with E-state index in [-0.39, 0.29) is 33.9 Å². The average Bonchev–Trinajstić information content (AvgIpc) is 3.80. The van der Waals surface area contributed by atoms with Crippen molar-refractivity contribution in [3.05, 3.63) is 208 Å². The van der Waals surface area contributed by atoms with Crippen molar-refractivity contribution < 1.29 is 0 Å². The number of fused-ring (bicyclic) bond motifs is 10. The molecule has 9 aromatic rings. The quantitative estimate of drug-likeness (QED) is 0.169. The highest BCUT2D eigenvalue weighted by atomic mass is 15.3. The van der Waals surface area contributed by atoms with Gasteiger partial charge < -0.3 is 19.8 Å². The number of aryl methyl sites for hydroxylation is 2. The highest BCUT2D eigenvalue weighted by molar-refractivity contribution is 7.00. The molecule has 0 bridgehead atoms. The molecule has 5 nitrogen and oxygen atoms in total. The summed E-state index contributed by atoms with van der Waals surface area (Å²) in [6.45, 7) is 26.2. The van der Waals surface area contributed by atoms with Crippen LogP contribution in [0, 0.1) is 12.3 Å². The Labute approximate surface area is 451 Å². The minimum Gasteiger partial charge on any atom is -0.330 e. The van der Waals surface area contributed by atoms with Crippen LogP contribution in [0.25, 0.3) is 22.4 Å². The lowest BCUT2D eigenvalue weighted by Crippen LogP contribution is -2.61. The van der Waals surface area contributed by atoms with Gasteiger partial charge in [0.15, 0.2) is 0 Å². The molecule has 3 aliphatic heterocycles. The molecule has 2 N–H and O–H groups in total. The number of H-pyrrole nitrogens is 2. The summed E-state index contributed by atoms with van der Waals surface area (Å²) < 4.78 is 0. The Morgan fingerprint density at radius 2 is 1.16 bits per heavy atom. The number of hydrogen-bond acceptors (Lipinski definition) is 3. The van der Waals surface area contributed by atoms with Gasteiger partial charge in [0, 0.05) is 62.6 Å². The van der Waals surface area contributed by atoms with Crippen molar-refractivity contribution in [2.45, 2.75) is 124 Å². The lowest BCUT2D eigenvalue weighted by molar-refractivity contribution is 0.245. The fraction of sp³-hybridized carbons (Fsp3) is 0.286. The lowest BCUT2D eigenvalue weighted by atomic mass is 9.33. The van der Waals surface area contributed by atoms with Crippen molar-refractivity contribution in [1.82, 2.24) is 10.2 Å². The van der Waals surface area contributed by atoms with E-state index in [9.17, 15) is 0 Å². The van der Waals surface area contributed by atoms with Gasteiger partial charge in [-0.25, -0.2) is 0 Å². The van der Waals surface area contributed by atoms with E-state index in [1.165, 1.54) is 123 Å². The highest BCUT2D eigenvalue weighted by Crippen LogP contribution is 2.64.